The van der Waals surface area contributed by atoms with Gasteiger partial charge in [-0.25, -0.2) is 13.6 Å². The lowest BCUT2D eigenvalue weighted by Gasteiger charge is -2.11. The summed E-state index contributed by atoms with van der Waals surface area (Å²) in [6, 6.07) is 10.6. The van der Waals surface area contributed by atoms with E-state index in [1.165, 1.54) is 0 Å². The van der Waals surface area contributed by atoms with Crippen molar-refractivity contribution in [2.45, 2.75) is 17.9 Å². The summed E-state index contributed by atoms with van der Waals surface area (Å²) in [5.74, 6) is 0. The summed E-state index contributed by atoms with van der Waals surface area (Å²) in [6.07, 6.45) is 0.568. The molecular weight excluding hydrogens is 334 g/mol. The molecule has 8 nitrogen and oxygen atoms in total. The van der Waals surface area contributed by atoms with Crippen molar-refractivity contribution >= 4 is 21.4 Å². The molecule has 0 saturated carbocycles. The maximum atomic E-state index is 11.6. The second-order valence-corrected chi connectivity index (χ2v) is 6.66. The fourth-order valence-electron chi connectivity index (χ4n) is 2.17. The van der Waals surface area contributed by atoms with E-state index in [2.05, 4.69) is 5.32 Å². The zero-order valence-corrected chi connectivity index (χ0v) is 13.5. The highest BCUT2D eigenvalue weighted by Crippen LogP contribution is 2.25. The standard InChI is InChI=1S/C15H17N3O5S/c16-24(22,23)15-6-5-13(18(20)21)9-14(15)17-8-7-11-1-3-12(10-19)4-2-11/h1-6,9,17,19H,7-8,10H2,(H2,16,22,23). The van der Waals surface area contributed by atoms with Crippen molar-refractivity contribution in [3.8, 4) is 0 Å². The zero-order valence-electron chi connectivity index (χ0n) is 12.7. The van der Waals surface area contributed by atoms with Gasteiger partial charge in [0.1, 0.15) is 4.90 Å². The number of non-ortho nitro benzene ring substituents is 1. The molecule has 0 fully saturated rings. The molecule has 2 rings (SSSR count). The Morgan fingerprint density at radius 1 is 1.12 bits per heavy atom. The second-order valence-electron chi connectivity index (χ2n) is 5.13. The molecule has 9 heteroatoms. The lowest BCUT2D eigenvalue weighted by molar-refractivity contribution is -0.384. The van der Waals surface area contributed by atoms with Crippen LogP contribution in [0.2, 0.25) is 0 Å². The molecule has 0 aliphatic heterocycles. The van der Waals surface area contributed by atoms with Gasteiger partial charge in [-0.05, 0) is 23.6 Å². The molecule has 0 saturated heterocycles. The normalized spacial score (nSPS) is 11.2. The Kier molecular flexibility index (Phi) is 5.50. The molecule has 0 amide bonds. The third kappa shape index (κ3) is 4.51. The summed E-state index contributed by atoms with van der Waals surface area (Å²) >= 11 is 0. The Balaban J connectivity index is 2.14. The molecule has 0 bridgehead atoms. The van der Waals surface area contributed by atoms with E-state index in [0.29, 0.717) is 13.0 Å². The average molecular weight is 351 g/mol. The Labute approximate surface area is 139 Å². The van der Waals surface area contributed by atoms with Crippen molar-refractivity contribution in [3.05, 3.63) is 63.7 Å². The summed E-state index contributed by atoms with van der Waals surface area (Å²) in [7, 11) is -3.99. The van der Waals surface area contributed by atoms with Crippen molar-refractivity contribution in [1.29, 1.82) is 0 Å². The van der Waals surface area contributed by atoms with E-state index in [9.17, 15) is 18.5 Å². The smallest absolute Gasteiger partial charge is 0.271 e. The number of aliphatic hydroxyl groups excluding tert-OH is 1. The largest absolute Gasteiger partial charge is 0.392 e. The van der Waals surface area contributed by atoms with Gasteiger partial charge in [-0.2, -0.15) is 0 Å². The predicted molar refractivity (Wildman–Crippen MR) is 89.0 cm³/mol. The maximum absolute atomic E-state index is 11.6. The number of rotatable bonds is 7. The number of nitrogens with one attached hydrogen (secondary N) is 1. The van der Waals surface area contributed by atoms with Gasteiger partial charge in [0, 0.05) is 18.7 Å². The first-order valence-corrected chi connectivity index (χ1v) is 8.59. The third-order valence-corrected chi connectivity index (χ3v) is 4.38. The number of nitrogens with two attached hydrogens (primary N) is 1. The number of aliphatic hydroxyl groups is 1. The molecule has 4 N–H and O–H groups in total. The quantitative estimate of drug-likeness (QED) is 0.509. The average Bonchev–Trinajstić information content (AvgIpc) is 2.54. The third-order valence-electron chi connectivity index (χ3n) is 3.42. The minimum atomic E-state index is -3.99. The van der Waals surface area contributed by atoms with Crippen molar-refractivity contribution in [1.82, 2.24) is 0 Å². The zero-order chi connectivity index (χ0) is 17.7. The molecule has 0 unspecified atom stereocenters. The van der Waals surface area contributed by atoms with Crippen LogP contribution in [-0.4, -0.2) is 25.0 Å². The molecule has 0 aliphatic rings. The van der Waals surface area contributed by atoms with Gasteiger partial charge in [0.15, 0.2) is 0 Å². The van der Waals surface area contributed by atoms with Gasteiger partial charge in [0.25, 0.3) is 5.69 Å². The second kappa shape index (κ2) is 7.39. The summed E-state index contributed by atoms with van der Waals surface area (Å²) in [5.41, 5.74) is 1.64. The minimum Gasteiger partial charge on any atom is -0.392 e. The molecule has 0 atom stereocenters. The summed E-state index contributed by atoms with van der Waals surface area (Å²) in [5, 5.41) is 27.9. The Hall–Kier alpha value is -2.49. The van der Waals surface area contributed by atoms with Gasteiger partial charge in [-0.3, -0.25) is 10.1 Å². The number of benzene rings is 2. The first-order chi connectivity index (χ1) is 11.3. The number of hydrogen-bond acceptors (Lipinski definition) is 6. The van der Waals surface area contributed by atoms with Crippen LogP contribution in [0.25, 0.3) is 0 Å². The van der Waals surface area contributed by atoms with Crippen molar-refractivity contribution in [3.63, 3.8) is 0 Å². The van der Waals surface area contributed by atoms with E-state index in [1.807, 2.05) is 12.1 Å². The van der Waals surface area contributed by atoms with Crippen LogP contribution in [0.15, 0.2) is 47.4 Å². The first-order valence-electron chi connectivity index (χ1n) is 7.05. The fourth-order valence-corrected chi connectivity index (χ4v) is 2.87. The van der Waals surface area contributed by atoms with Gasteiger partial charge >= 0.3 is 0 Å². The molecule has 0 spiro atoms. The van der Waals surface area contributed by atoms with E-state index >= 15 is 0 Å². The Morgan fingerprint density at radius 3 is 2.29 bits per heavy atom. The van der Waals surface area contributed by atoms with E-state index in [4.69, 9.17) is 10.2 Å². The van der Waals surface area contributed by atoms with Crippen molar-refractivity contribution < 1.29 is 18.4 Å². The number of nitro groups is 1. The molecule has 24 heavy (non-hydrogen) atoms. The minimum absolute atomic E-state index is 0.0378. The maximum Gasteiger partial charge on any atom is 0.271 e. The number of nitro benzene ring substituents is 1. The van der Waals surface area contributed by atoms with Gasteiger partial charge in [0.2, 0.25) is 10.0 Å². The number of anilines is 1. The topological polar surface area (TPSA) is 136 Å². The van der Waals surface area contributed by atoms with E-state index in [-0.39, 0.29) is 22.9 Å². The first kappa shape index (κ1) is 17.9. The van der Waals surface area contributed by atoms with Gasteiger partial charge < -0.3 is 10.4 Å². The molecule has 0 aliphatic carbocycles. The fraction of sp³-hybridized carbons (Fsp3) is 0.200. The summed E-state index contributed by atoms with van der Waals surface area (Å²) in [6.45, 7) is 0.325. The van der Waals surface area contributed by atoms with E-state index in [0.717, 1.165) is 29.3 Å². The highest BCUT2D eigenvalue weighted by Gasteiger charge is 2.17. The molecule has 2 aromatic carbocycles. The van der Waals surface area contributed by atoms with E-state index < -0.39 is 14.9 Å². The number of nitrogens with zero attached hydrogens (tertiary/aromatic N) is 1. The predicted octanol–water partition coefficient (Wildman–Crippen LogP) is 1.39. The lowest BCUT2D eigenvalue weighted by atomic mass is 10.1. The number of hydrogen-bond donors (Lipinski definition) is 3. The van der Waals surface area contributed by atoms with Crippen LogP contribution in [0.5, 0.6) is 0 Å². The highest BCUT2D eigenvalue weighted by molar-refractivity contribution is 7.89. The van der Waals surface area contributed by atoms with Gasteiger partial charge in [-0.15, -0.1) is 0 Å². The molecule has 0 heterocycles. The highest BCUT2D eigenvalue weighted by atomic mass is 32.2. The van der Waals surface area contributed by atoms with Crippen molar-refractivity contribution in [2.75, 3.05) is 11.9 Å². The van der Waals surface area contributed by atoms with Crippen LogP contribution in [0, 0.1) is 10.1 Å². The molecule has 0 aromatic heterocycles. The Bertz CT molecular complexity index is 835. The van der Waals surface area contributed by atoms with Crippen LogP contribution in [0.3, 0.4) is 0 Å². The molecule has 0 radical (unpaired) electrons. The lowest BCUT2D eigenvalue weighted by Crippen LogP contribution is -2.16. The number of primary sulfonamides is 1. The van der Waals surface area contributed by atoms with Crippen LogP contribution in [0.1, 0.15) is 11.1 Å². The van der Waals surface area contributed by atoms with E-state index in [1.54, 1.807) is 12.1 Å². The van der Waals surface area contributed by atoms with Crippen LogP contribution >= 0.6 is 0 Å². The SMILES string of the molecule is NS(=O)(=O)c1ccc([N+](=O)[O-])cc1NCCc1ccc(CO)cc1. The Morgan fingerprint density at radius 2 is 1.75 bits per heavy atom. The molecule has 2 aromatic rings. The van der Waals surface area contributed by atoms with Gasteiger partial charge in [-0.1, -0.05) is 24.3 Å². The van der Waals surface area contributed by atoms with Crippen LogP contribution in [-0.2, 0) is 23.1 Å². The van der Waals surface area contributed by atoms with Crippen LogP contribution in [0.4, 0.5) is 11.4 Å². The molecular formula is C15H17N3O5S. The summed E-state index contributed by atoms with van der Waals surface area (Å²) < 4.78 is 23.2. The number of sulfonamides is 1. The summed E-state index contributed by atoms with van der Waals surface area (Å²) in [4.78, 5) is 10.1. The molecule has 128 valence electrons. The monoisotopic (exact) mass is 351 g/mol. The van der Waals surface area contributed by atoms with Gasteiger partial charge in [0.05, 0.1) is 17.2 Å². The van der Waals surface area contributed by atoms with Crippen LogP contribution < -0.4 is 10.5 Å². The van der Waals surface area contributed by atoms with Crippen molar-refractivity contribution in [2.24, 2.45) is 5.14 Å².